The Labute approximate surface area is 135 Å². The molecule has 0 N–H and O–H groups in total. The number of methoxy groups -OCH3 is 1. The zero-order chi connectivity index (χ0) is 16.2. The Kier molecular flexibility index (Phi) is 4.42. The van der Waals surface area contributed by atoms with Gasteiger partial charge in [-0.2, -0.15) is 0 Å². The van der Waals surface area contributed by atoms with Crippen molar-refractivity contribution >= 4 is 11.9 Å². The molecular weight excluding hydrogens is 290 g/mol. The van der Waals surface area contributed by atoms with Crippen LogP contribution in [0.15, 0.2) is 60.7 Å². The molecule has 2 atom stereocenters. The predicted molar refractivity (Wildman–Crippen MR) is 86.8 cm³/mol. The minimum absolute atomic E-state index is 0.0501. The number of carbonyl (C=O) groups is 2. The lowest BCUT2D eigenvalue weighted by atomic mass is 9.93. The third-order valence-corrected chi connectivity index (χ3v) is 4.32. The maximum Gasteiger partial charge on any atom is 0.311 e. The van der Waals surface area contributed by atoms with Crippen LogP contribution in [0.4, 0.5) is 0 Å². The minimum Gasteiger partial charge on any atom is -0.469 e. The van der Waals surface area contributed by atoms with Crippen molar-refractivity contribution < 1.29 is 14.3 Å². The highest BCUT2D eigenvalue weighted by Crippen LogP contribution is 2.38. The second kappa shape index (κ2) is 6.65. The summed E-state index contributed by atoms with van der Waals surface area (Å²) in [5.41, 5.74) is 1.60. The van der Waals surface area contributed by atoms with E-state index in [9.17, 15) is 9.59 Å². The second-order valence-electron chi connectivity index (χ2n) is 5.64. The third kappa shape index (κ3) is 2.97. The first-order valence-corrected chi connectivity index (χ1v) is 7.71. The van der Waals surface area contributed by atoms with Crippen LogP contribution in [0.2, 0.25) is 0 Å². The highest BCUT2D eigenvalue weighted by Gasteiger charge is 2.42. The summed E-state index contributed by atoms with van der Waals surface area (Å²) in [5.74, 6) is -0.636. The topological polar surface area (TPSA) is 46.6 Å². The molecule has 118 valence electrons. The minimum atomic E-state index is -0.324. The smallest absolute Gasteiger partial charge is 0.311 e. The average molecular weight is 309 g/mol. The molecule has 4 nitrogen and oxygen atoms in total. The van der Waals surface area contributed by atoms with Crippen molar-refractivity contribution in [1.29, 1.82) is 0 Å². The average Bonchev–Trinajstić information content (AvgIpc) is 3.07. The standard InChI is InChI=1S/C19H19NO3/c1-23-19(22)16-12-13-20(17(16)14-8-4-2-5-9-14)18(21)15-10-6-3-7-11-15/h2-11,16-17H,12-13H2,1H3/t16-,17-/m0/s1. The van der Waals surface area contributed by atoms with Crippen LogP contribution in [0.5, 0.6) is 0 Å². The van der Waals surface area contributed by atoms with E-state index in [0.717, 1.165) is 5.56 Å². The molecule has 0 radical (unpaired) electrons. The summed E-state index contributed by atoms with van der Waals surface area (Å²) in [7, 11) is 1.39. The number of hydrogen-bond acceptors (Lipinski definition) is 3. The number of benzene rings is 2. The number of nitrogens with zero attached hydrogens (tertiary/aromatic N) is 1. The number of ether oxygens (including phenoxy) is 1. The van der Waals surface area contributed by atoms with E-state index >= 15 is 0 Å². The van der Waals surface area contributed by atoms with Crippen LogP contribution in [0.3, 0.4) is 0 Å². The fraction of sp³-hybridized carbons (Fsp3) is 0.263. The van der Waals surface area contributed by atoms with Gasteiger partial charge in [-0.15, -0.1) is 0 Å². The van der Waals surface area contributed by atoms with Crippen LogP contribution in [-0.4, -0.2) is 30.4 Å². The van der Waals surface area contributed by atoms with Gasteiger partial charge in [0.25, 0.3) is 5.91 Å². The van der Waals surface area contributed by atoms with Crippen LogP contribution in [-0.2, 0) is 9.53 Å². The summed E-state index contributed by atoms with van der Waals surface area (Å²) in [6, 6.07) is 18.6. The molecule has 0 aromatic heterocycles. The number of rotatable bonds is 3. The van der Waals surface area contributed by atoms with E-state index in [1.807, 2.05) is 48.5 Å². The van der Waals surface area contributed by atoms with Crippen LogP contribution < -0.4 is 0 Å². The van der Waals surface area contributed by atoms with Crippen molar-refractivity contribution in [2.45, 2.75) is 12.5 Å². The first kappa shape index (κ1) is 15.3. The zero-order valence-electron chi connectivity index (χ0n) is 13.0. The van der Waals surface area contributed by atoms with Gasteiger partial charge >= 0.3 is 5.97 Å². The zero-order valence-corrected chi connectivity index (χ0v) is 13.0. The van der Waals surface area contributed by atoms with Gasteiger partial charge in [0.05, 0.1) is 19.1 Å². The number of carbonyl (C=O) groups excluding carboxylic acids is 2. The van der Waals surface area contributed by atoms with E-state index < -0.39 is 0 Å². The Bertz CT molecular complexity index is 684. The van der Waals surface area contributed by atoms with E-state index in [1.54, 1.807) is 17.0 Å². The summed E-state index contributed by atoms with van der Waals surface area (Å²) in [4.78, 5) is 26.8. The largest absolute Gasteiger partial charge is 0.469 e. The van der Waals surface area contributed by atoms with E-state index in [4.69, 9.17) is 4.74 Å². The summed E-state index contributed by atoms with van der Waals surface area (Å²) < 4.78 is 4.94. The number of likely N-dealkylation sites (tertiary alicyclic amines) is 1. The van der Waals surface area contributed by atoms with Gasteiger partial charge in [-0.25, -0.2) is 0 Å². The Hall–Kier alpha value is -2.62. The summed E-state index contributed by atoms with van der Waals surface area (Å²) in [6.07, 6.45) is 0.616. The maximum atomic E-state index is 12.9. The molecular formula is C19H19NO3. The Balaban J connectivity index is 1.96. The van der Waals surface area contributed by atoms with Crippen molar-refractivity contribution in [3.63, 3.8) is 0 Å². The van der Waals surface area contributed by atoms with E-state index in [1.165, 1.54) is 7.11 Å². The molecule has 0 spiro atoms. The van der Waals surface area contributed by atoms with E-state index in [-0.39, 0.29) is 23.8 Å². The normalized spacial score (nSPS) is 20.3. The fourth-order valence-corrected chi connectivity index (χ4v) is 3.23. The van der Waals surface area contributed by atoms with Crippen molar-refractivity contribution in [2.75, 3.05) is 13.7 Å². The molecule has 3 rings (SSSR count). The number of hydrogen-bond donors (Lipinski definition) is 0. The molecule has 4 heteroatoms. The highest BCUT2D eigenvalue weighted by molar-refractivity contribution is 5.95. The molecule has 0 unspecified atom stereocenters. The quantitative estimate of drug-likeness (QED) is 0.819. The lowest BCUT2D eigenvalue weighted by Gasteiger charge is -2.28. The number of amides is 1. The van der Waals surface area contributed by atoms with Crippen molar-refractivity contribution in [2.24, 2.45) is 5.92 Å². The maximum absolute atomic E-state index is 12.9. The van der Waals surface area contributed by atoms with Crippen molar-refractivity contribution in [1.82, 2.24) is 4.90 Å². The molecule has 1 amide bonds. The van der Waals surface area contributed by atoms with Gasteiger partial charge in [0.2, 0.25) is 0 Å². The van der Waals surface area contributed by atoms with Crippen molar-refractivity contribution in [3.8, 4) is 0 Å². The molecule has 1 aliphatic heterocycles. The van der Waals surface area contributed by atoms with Crippen LogP contribution in [0, 0.1) is 5.92 Å². The first-order valence-electron chi connectivity index (χ1n) is 7.71. The molecule has 1 saturated heterocycles. The molecule has 1 fully saturated rings. The molecule has 0 bridgehead atoms. The van der Waals surface area contributed by atoms with Gasteiger partial charge < -0.3 is 9.64 Å². The SMILES string of the molecule is COC(=O)[C@H]1CCN(C(=O)c2ccccc2)[C@H]1c1ccccc1. The summed E-state index contributed by atoms with van der Waals surface area (Å²) in [6.45, 7) is 0.549. The van der Waals surface area contributed by atoms with E-state index in [0.29, 0.717) is 18.5 Å². The van der Waals surface area contributed by atoms with Gasteiger partial charge in [-0.3, -0.25) is 9.59 Å². The highest BCUT2D eigenvalue weighted by atomic mass is 16.5. The molecule has 0 aliphatic carbocycles. The second-order valence-corrected chi connectivity index (χ2v) is 5.64. The van der Waals surface area contributed by atoms with Crippen LogP contribution in [0.1, 0.15) is 28.4 Å². The van der Waals surface area contributed by atoms with Crippen molar-refractivity contribution in [3.05, 3.63) is 71.8 Å². The number of esters is 1. The lowest BCUT2D eigenvalue weighted by molar-refractivity contribution is -0.146. The van der Waals surface area contributed by atoms with Gasteiger partial charge in [0.1, 0.15) is 0 Å². The van der Waals surface area contributed by atoms with Gasteiger partial charge in [-0.1, -0.05) is 48.5 Å². The predicted octanol–water partition coefficient (Wildman–Crippen LogP) is 3.06. The molecule has 2 aromatic carbocycles. The Morgan fingerprint density at radius 1 is 1.00 bits per heavy atom. The monoisotopic (exact) mass is 309 g/mol. The van der Waals surface area contributed by atoms with Gasteiger partial charge in [0, 0.05) is 12.1 Å². The molecule has 0 saturated carbocycles. The Morgan fingerprint density at radius 2 is 1.61 bits per heavy atom. The molecule has 1 aliphatic rings. The summed E-state index contributed by atoms with van der Waals surface area (Å²) in [5, 5.41) is 0. The fourth-order valence-electron chi connectivity index (χ4n) is 3.23. The van der Waals surface area contributed by atoms with Crippen LogP contribution >= 0.6 is 0 Å². The first-order chi connectivity index (χ1) is 11.2. The van der Waals surface area contributed by atoms with Gasteiger partial charge in [-0.05, 0) is 24.1 Å². The Morgan fingerprint density at radius 3 is 2.22 bits per heavy atom. The molecule has 23 heavy (non-hydrogen) atoms. The molecule has 1 heterocycles. The van der Waals surface area contributed by atoms with Crippen LogP contribution in [0.25, 0.3) is 0 Å². The molecule has 2 aromatic rings. The lowest BCUT2D eigenvalue weighted by Crippen LogP contribution is -2.34. The third-order valence-electron chi connectivity index (χ3n) is 4.32. The van der Waals surface area contributed by atoms with Gasteiger partial charge in [0.15, 0.2) is 0 Å². The van der Waals surface area contributed by atoms with E-state index in [2.05, 4.69) is 0 Å². The summed E-state index contributed by atoms with van der Waals surface area (Å²) >= 11 is 0.